The number of carbonyl (C=O) groups is 1. The zero-order valence-corrected chi connectivity index (χ0v) is 14.1. The summed E-state index contributed by atoms with van der Waals surface area (Å²) in [5.74, 6) is 1.24. The van der Waals surface area contributed by atoms with Gasteiger partial charge in [-0.25, -0.2) is 9.48 Å². The number of carbonyl (C=O) groups excluding carboxylic acids is 1. The Morgan fingerprint density at radius 3 is 3.04 bits per heavy atom. The van der Waals surface area contributed by atoms with Crippen LogP contribution in [0.4, 0.5) is 10.6 Å². The van der Waals surface area contributed by atoms with E-state index in [1.165, 1.54) is 6.42 Å². The zero-order valence-electron chi connectivity index (χ0n) is 14.1. The van der Waals surface area contributed by atoms with Crippen LogP contribution < -0.4 is 5.32 Å². The van der Waals surface area contributed by atoms with Crippen LogP contribution in [0.1, 0.15) is 25.7 Å². The summed E-state index contributed by atoms with van der Waals surface area (Å²) in [7, 11) is 0. The predicted molar refractivity (Wildman–Crippen MR) is 88.8 cm³/mol. The second kappa shape index (κ2) is 6.72. The average molecular weight is 334 g/mol. The molecular formula is C17H26N4O3. The Morgan fingerprint density at radius 2 is 2.29 bits per heavy atom. The maximum absolute atomic E-state index is 12.7. The number of hydrogen-bond acceptors (Lipinski definition) is 4. The summed E-state index contributed by atoms with van der Waals surface area (Å²) in [5, 5.41) is 7.39. The van der Waals surface area contributed by atoms with Crippen LogP contribution in [-0.4, -0.2) is 60.2 Å². The van der Waals surface area contributed by atoms with E-state index in [1.54, 1.807) is 6.20 Å². The summed E-state index contributed by atoms with van der Waals surface area (Å²) >= 11 is 0. The van der Waals surface area contributed by atoms with Crippen LogP contribution in [0.15, 0.2) is 12.3 Å². The van der Waals surface area contributed by atoms with Gasteiger partial charge in [0, 0.05) is 43.6 Å². The number of anilines is 1. The van der Waals surface area contributed by atoms with E-state index in [4.69, 9.17) is 9.47 Å². The first-order valence-corrected chi connectivity index (χ1v) is 8.97. The molecule has 1 atom stereocenters. The molecule has 1 aromatic heterocycles. The molecule has 3 fully saturated rings. The maximum atomic E-state index is 12.7. The molecule has 1 aliphatic carbocycles. The number of amides is 2. The van der Waals surface area contributed by atoms with Gasteiger partial charge in [-0.15, -0.1) is 0 Å². The van der Waals surface area contributed by atoms with Gasteiger partial charge in [0.25, 0.3) is 0 Å². The molecule has 4 rings (SSSR count). The van der Waals surface area contributed by atoms with Gasteiger partial charge in [0.15, 0.2) is 0 Å². The van der Waals surface area contributed by atoms with Crippen LogP contribution in [0.5, 0.6) is 0 Å². The number of rotatable bonds is 3. The quantitative estimate of drug-likeness (QED) is 0.917. The van der Waals surface area contributed by atoms with Crippen molar-refractivity contribution < 1.29 is 14.3 Å². The zero-order chi connectivity index (χ0) is 16.4. The third kappa shape index (κ3) is 3.28. The highest BCUT2D eigenvalue weighted by Gasteiger charge is 2.41. The van der Waals surface area contributed by atoms with Crippen molar-refractivity contribution in [3.63, 3.8) is 0 Å². The Labute approximate surface area is 142 Å². The minimum atomic E-state index is -0.0452. The molecule has 3 aliphatic rings. The van der Waals surface area contributed by atoms with Crippen LogP contribution >= 0.6 is 0 Å². The molecule has 7 nitrogen and oxygen atoms in total. The third-order valence-corrected chi connectivity index (χ3v) is 5.55. The Bertz CT molecular complexity index is 578. The molecule has 24 heavy (non-hydrogen) atoms. The summed E-state index contributed by atoms with van der Waals surface area (Å²) in [6.45, 7) is 5.24. The van der Waals surface area contributed by atoms with Gasteiger partial charge in [0.1, 0.15) is 5.82 Å². The second-order valence-corrected chi connectivity index (χ2v) is 7.39. The molecule has 0 radical (unpaired) electrons. The number of ether oxygens (including phenoxy) is 2. The highest BCUT2D eigenvalue weighted by atomic mass is 16.5. The summed E-state index contributed by atoms with van der Waals surface area (Å²) in [6, 6.07) is 1.82. The van der Waals surface area contributed by atoms with Crippen LogP contribution in [0, 0.1) is 11.3 Å². The van der Waals surface area contributed by atoms with Crippen molar-refractivity contribution in [3.8, 4) is 0 Å². The largest absolute Gasteiger partial charge is 0.381 e. The Morgan fingerprint density at radius 1 is 1.38 bits per heavy atom. The van der Waals surface area contributed by atoms with E-state index in [0.717, 1.165) is 58.0 Å². The van der Waals surface area contributed by atoms with Gasteiger partial charge in [-0.05, 0) is 19.3 Å². The van der Waals surface area contributed by atoms with E-state index >= 15 is 0 Å². The van der Waals surface area contributed by atoms with Gasteiger partial charge in [-0.2, -0.15) is 5.10 Å². The van der Waals surface area contributed by atoms with Gasteiger partial charge >= 0.3 is 6.03 Å². The van der Waals surface area contributed by atoms with Crippen molar-refractivity contribution >= 4 is 11.8 Å². The number of hydrogen-bond donors (Lipinski definition) is 1. The highest BCUT2D eigenvalue weighted by Crippen LogP contribution is 2.42. The molecule has 1 saturated carbocycles. The van der Waals surface area contributed by atoms with Gasteiger partial charge in [0.2, 0.25) is 0 Å². The van der Waals surface area contributed by atoms with Gasteiger partial charge in [-0.3, -0.25) is 5.32 Å². The lowest BCUT2D eigenvalue weighted by Crippen LogP contribution is -2.47. The normalized spacial score (nSPS) is 26.2. The Balaban J connectivity index is 1.39. The third-order valence-electron chi connectivity index (χ3n) is 5.55. The van der Waals surface area contributed by atoms with E-state index in [-0.39, 0.29) is 11.4 Å². The van der Waals surface area contributed by atoms with Gasteiger partial charge < -0.3 is 14.4 Å². The smallest absolute Gasteiger partial charge is 0.323 e. The first-order valence-electron chi connectivity index (χ1n) is 8.97. The average Bonchev–Trinajstić information content (AvgIpc) is 3.14. The van der Waals surface area contributed by atoms with Crippen molar-refractivity contribution in [1.29, 1.82) is 0 Å². The molecule has 0 bridgehead atoms. The van der Waals surface area contributed by atoms with Crippen molar-refractivity contribution in [2.75, 3.05) is 44.8 Å². The standard InChI is InChI=1S/C17H26N4O3/c22-16(20-7-9-24-13-17(12-20)4-1-5-17)19-15-2-6-18-21(15)10-14-3-8-23-11-14/h2,6,14H,1,3-5,7-13H2,(H,19,22). The van der Waals surface area contributed by atoms with E-state index in [2.05, 4.69) is 10.4 Å². The van der Waals surface area contributed by atoms with E-state index < -0.39 is 0 Å². The number of aromatic nitrogens is 2. The summed E-state index contributed by atoms with van der Waals surface area (Å²) in [5.41, 5.74) is 0.190. The molecule has 2 saturated heterocycles. The fourth-order valence-electron chi connectivity index (χ4n) is 3.89. The minimum absolute atomic E-state index is 0.0452. The molecule has 1 N–H and O–H groups in total. The van der Waals surface area contributed by atoms with E-state index in [0.29, 0.717) is 19.1 Å². The summed E-state index contributed by atoms with van der Waals surface area (Å²) < 4.78 is 13.0. The molecule has 2 amide bonds. The number of nitrogens with one attached hydrogen (secondary N) is 1. The van der Waals surface area contributed by atoms with E-state index in [1.807, 2.05) is 15.6 Å². The van der Waals surface area contributed by atoms with Crippen molar-refractivity contribution in [2.45, 2.75) is 32.2 Å². The second-order valence-electron chi connectivity index (χ2n) is 7.39. The lowest BCUT2D eigenvalue weighted by molar-refractivity contribution is 0.0130. The first-order chi connectivity index (χ1) is 11.7. The van der Waals surface area contributed by atoms with Gasteiger partial charge in [0.05, 0.1) is 26.0 Å². The maximum Gasteiger partial charge on any atom is 0.323 e. The molecule has 132 valence electrons. The molecule has 7 heteroatoms. The molecule has 3 heterocycles. The van der Waals surface area contributed by atoms with Crippen molar-refractivity contribution in [2.24, 2.45) is 11.3 Å². The Kier molecular flexibility index (Phi) is 4.45. The lowest BCUT2D eigenvalue weighted by Gasteiger charge is -2.42. The minimum Gasteiger partial charge on any atom is -0.381 e. The van der Waals surface area contributed by atoms with Crippen LogP contribution in [0.2, 0.25) is 0 Å². The summed E-state index contributed by atoms with van der Waals surface area (Å²) in [4.78, 5) is 14.6. The fourth-order valence-corrected chi connectivity index (χ4v) is 3.89. The highest BCUT2D eigenvalue weighted by molar-refractivity contribution is 5.88. The molecule has 2 aliphatic heterocycles. The monoisotopic (exact) mass is 334 g/mol. The fraction of sp³-hybridized carbons (Fsp3) is 0.765. The molecule has 1 aromatic rings. The first kappa shape index (κ1) is 15.9. The van der Waals surface area contributed by atoms with Crippen molar-refractivity contribution in [1.82, 2.24) is 14.7 Å². The lowest BCUT2D eigenvalue weighted by atomic mass is 9.69. The topological polar surface area (TPSA) is 68.6 Å². The van der Waals surface area contributed by atoms with Gasteiger partial charge in [-0.1, -0.05) is 6.42 Å². The van der Waals surface area contributed by atoms with Crippen molar-refractivity contribution in [3.05, 3.63) is 12.3 Å². The number of urea groups is 1. The van der Waals surface area contributed by atoms with E-state index in [9.17, 15) is 4.79 Å². The van der Waals surface area contributed by atoms with Crippen LogP contribution in [0.25, 0.3) is 0 Å². The molecule has 1 spiro atoms. The van der Waals surface area contributed by atoms with Crippen LogP contribution in [0.3, 0.4) is 0 Å². The number of nitrogens with zero attached hydrogens (tertiary/aromatic N) is 3. The molecule has 0 aromatic carbocycles. The SMILES string of the molecule is O=C(Nc1ccnn1CC1CCOC1)N1CCOCC2(CCC2)C1. The van der Waals surface area contributed by atoms with Crippen LogP contribution in [-0.2, 0) is 16.0 Å². The summed E-state index contributed by atoms with van der Waals surface area (Å²) in [6.07, 6.45) is 6.37. The Hall–Kier alpha value is -1.60. The predicted octanol–water partition coefficient (Wildman–Crippen LogP) is 1.95. The molecule has 1 unspecified atom stereocenters. The molecular weight excluding hydrogens is 308 g/mol.